The number of nitrogens with two attached hydrogens (primary N) is 2. The standard InChI is InChI=1S/C13H19N3O3/c1-3-11(14)9-4-6-10(7-5-9)19-8(2)12(17)16-13(15)18/h4-8,11H,3,14H2,1-2H3,(H3,15,16,17,18)/t8?,11-/m0/s1. The maximum absolute atomic E-state index is 11.4. The van der Waals surface area contributed by atoms with E-state index >= 15 is 0 Å². The molecule has 0 aliphatic heterocycles. The average Bonchev–Trinajstić information content (AvgIpc) is 2.37. The molecule has 3 amide bonds. The van der Waals surface area contributed by atoms with Gasteiger partial charge in [-0.1, -0.05) is 19.1 Å². The van der Waals surface area contributed by atoms with E-state index in [1.165, 1.54) is 6.92 Å². The van der Waals surface area contributed by atoms with Crippen LogP contribution in [0.15, 0.2) is 24.3 Å². The highest BCUT2D eigenvalue weighted by molar-refractivity contribution is 5.95. The van der Waals surface area contributed by atoms with Gasteiger partial charge in [-0.25, -0.2) is 4.79 Å². The van der Waals surface area contributed by atoms with Gasteiger partial charge in [0.05, 0.1) is 0 Å². The number of hydrogen-bond donors (Lipinski definition) is 3. The summed E-state index contributed by atoms with van der Waals surface area (Å²) in [5.74, 6) is -0.0546. The van der Waals surface area contributed by atoms with Crippen LogP contribution in [0, 0.1) is 0 Å². The highest BCUT2D eigenvalue weighted by atomic mass is 16.5. The molecule has 6 heteroatoms. The summed E-state index contributed by atoms with van der Waals surface area (Å²) in [6.07, 6.45) is 0.0376. The average molecular weight is 265 g/mol. The fourth-order valence-corrected chi connectivity index (χ4v) is 1.51. The van der Waals surface area contributed by atoms with Gasteiger partial charge in [-0.05, 0) is 31.0 Å². The molecule has 0 heterocycles. The monoisotopic (exact) mass is 265 g/mol. The first kappa shape index (κ1) is 15.0. The lowest BCUT2D eigenvalue weighted by Gasteiger charge is -2.14. The molecule has 104 valence electrons. The van der Waals surface area contributed by atoms with Crippen LogP contribution in [0.5, 0.6) is 5.75 Å². The van der Waals surface area contributed by atoms with Crippen molar-refractivity contribution in [3.63, 3.8) is 0 Å². The Morgan fingerprint density at radius 2 is 1.89 bits per heavy atom. The van der Waals surface area contributed by atoms with E-state index in [4.69, 9.17) is 16.2 Å². The number of primary amides is 1. The molecule has 1 unspecified atom stereocenters. The molecule has 0 aliphatic rings. The molecule has 1 aromatic rings. The van der Waals surface area contributed by atoms with Crippen LogP contribution in [0.25, 0.3) is 0 Å². The third-order valence-corrected chi connectivity index (χ3v) is 2.68. The predicted octanol–water partition coefficient (Wildman–Crippen LogP) is 1.06. The van der Waals surface area contributed by atoms with Gasteiger partial charge < -0.3 is 16.2 Å². The van der Waals surface area contributed by atoms with Crippen molar-refractivity contribution in [2.45, 2.75) is 32.4 Å². The summed E-state index contributed by atoms with van der Waals surface area (Å²) in [5, 5.41) is 1.96. The molecule has 0 spiro atoms. The number of ether oxygens (including phenoxy) is 1. The van der Waals surface area contributed by atoms with Gasteiger partial charge in [0.25, 0.3) is 5.91 Å². The minimum Gasteiger partial charge on any atom is -0.481 e. The van der Waals surface area contributed by atoms with Crippen LogP contribution >= 0.6 is 0 Å². The molecule has 0 saturated heterocycles. The van der Waals surface area contributed by atoms with Crippen molar-refractivity contribution in [2.24, 2.45) is 11.5 Å². The quantitative estimate of drug-likeness (QED) is 0.739. The first-order valence-electron chi connectivity index (χ1n) is 6.06. The lowest BCUT2D eigenvalue weighted by Crippen LogP contribution is -2.42. The van der Waals surface area contributed by atoms with Crippen molar-refractivity contribution in [3.8, 4) is 5.75 Å². The zero-order valence-corrected chi connectivity index (χ0v) is 11.1. The van der Waals surface area contributed by atoms with E-state index in [0.717, 1.165) is 12.0 Å². The number of urea groups is 1. The number of hydrogen-bond acceptors (Lipinski definition) is 4. The van der Waals surface area contributed by atoms with E-state index in [2.05, 4.69) is 0 Å². The molecule has 0 bridgehead atoms. The maximum Gasteiger partial charge on any atom is 0.318 e. The zero-order valence-electron chi connectivity index (χ0n) is 11.1. The highest BCUT2D eigenvalue weighted by Gasteiger charge is 2.16. The first-order chi connectivity index (χ1) is 8.93. The van der Waals surface area contributed by atoms with Crippen LogP contribution in [0.4, 0.5) is 4.79 Å². The minimum atomic E-state index is -0.898. The highest BCUT2D eigenvalue weighted by Crippen LogP contribution is 2.19. The summed E-state index contributed by atoms with van der Waals surface area (Å²) >= 11 is 0. The topological polar surface area (TPSA) is 107 Å². The van der Waals surface area contributed by atoms with Crippen LogP contribution in [0.1, 0.15) is 31.9 Å². The summed E-state index contributed by atoms with van der Waals surface area (Å²) in [6.45, 7) is 3.54. The van der Waals surface area contributed by atoms with E-state index < -0.39 is 18.0 Å². The van der Waals surface area contributed by atoms with Gasteiger partial charge in [0.1, 0.15) is 5.75 Å². The third-order valence-electron chi connectivity index (χ3n) is 2.68. The SMILES string of the molecule is CC[C@H](N)c1ccc(OC(C)C(=O)NC(N)=O)cc1. The van der Waals surface area contributed by atoms with Gasteiger partial charge in [0, 0.05) is 6.04 Å². The van der Waals surface area contributed by atoms with Crippen molar-refractivity contribution < 1.29 is 14.3 Å². The number of amides is 3. The molecule has 0 fully saturated rings. The summed E-state index contributed by atoms with van der Waals surface area (Å²) in [5.41, 5.74) is 11.7. The zero-order chi connectivity index (χ0) is 14.4. The molecular weight excluding hydrogens is 246 g/mol. The van der Waals surface area contributed by atoms with Crippen LogP contribution < -0.4 is 21.5 Å². The molecule has 5 N–H and O–H groups in total. The second-order valence-electron chi connectivity index (χ2n) is 4.20. The number of nitrogens with one attached hydrogen (secondary N) is 1. The molecule has 19 heavy (non-hydrogen) atoms. The minimum absolute atomic E-state index is 0.00960. The Balaban J connectivity index is 2.62. The number of carbonyl (C=O) groups excluding carboxylic acids is 2. The molecule has 2 atom stereocenters. The lowest BCUT2D eigenvalue weighted by atomic mass is 10.1. The second-order valence-corrected chi connectivity index (χ2v) is 4.20. The van der Waals surface area contributed by atoms with E-state index in [0.29, 0.717) is 5.75 Å². The number of carbonyl (C=O) groups is 2. The summed E-state index contributed by atoms with van der Waals surface area (Å²) in [4.78, 5) is 22.0. The van der Waals surface area contributed by atoms with E-state index in [9.17, 15) is 9.59 Å². The van der Waals surface area contributed by atoms with Crippen molar-refractivity contribution >= 4 is 11.9 Å². The number of imide groups is 1. The van der Waals surface area contributed by atoms with Crippen molar-refractivity contribution in [1.82, 2.24) is 5.32 Å². The first-order valence-corrected chi connectivity index (χ1v) is 6.06. The molecule has 0 aliphatic carbocycles. The molecule has 1 aromatic carbocycles. The Morgan fingerprint density at radius 1 is 1.32 bits per heavy atom. The number of rotatable bonds is 5. The lowest BCUT2D eigenvalue weighted by molar-refractivity contribution is -0.126. The second kappa shape index (κ2) is 6.75. The number of benzene rings is 1. The fraction of sp³-hybridized carbons (Fsp3) is 0.385. The van der Waals surface area contributed by atoms with Crippen LogP contribution in [-0.4, -0.2) is 18.0 Å². The molecule has 6 nitrogen and oxygen atoms in total. The van der Waals surface area contributed by atoms with Crippen molar-refractivity contribution in [3.05, 3.63) is 29.8 Å². The van der Waals surface area contributed by atoms with Crippen LogP contribution in [0.3, 0.4) is 0 Å². The Kier molecular flexibility index (Phi) is 5.32. The van der Waals surface area contributed by atoms with Gasteiger partial charge in [0.2, 0.25) is 0 Å². The van der Waals surface area contributed by atoms with Crippen molar-refractivity contribution in [1.29, 1.82) is 0 Å². The predicted molar refractivity (Wildman–Crippen MR) is 71.5 cm³/mol. The molecule has 0 aromatic heterocycles. The molecule has 1 rings (SSSR count). The smallest absolute Gasteiger partial charge is 0.318 e. The van der Waals surface area contributed by atoms with E-state index in [1.54, 1.807) is 12.1 Å². The largest absolute Gasteiger partial charge is 0.481 e. The summed E-state index contributed by atoms with van der Waals surface area (Å²) < 4.78 is 5.38. The van der Waals surface area contributed by atoms with Crippen LogP contribution in [-0.2, 0) is 4.79 Å². The normalized spacial score (nSPS) is 13.4. The molecule has 0 radical (unpaired) electrons. The van der Waals surface area contributed by atoms with Gasteiger partial charge >= 0.3 is 6.03 Å². The Morgan fingerprint density at radius 3 is 2.37 bits per heavy atom. The molecular formula is C13H19N3O3. The summed E-state index contributed by atoms with van der Waals surface area (Å²) in [7, 11) is 0. The maximum atomic E-state index is 11.4. The third kappa shape index (κ3) is 4.59. The van der Waals surface area contributed by atoms with Gasteiger partial charge in [-0.15, -0.1) is 0 Å². The summed E-state index contributed by atoms with van der Waals surface area (Å²) in [6, 6.07) is 6.26. The Hall–Kier alpha value is -2.08. The van der Waals surface area contributed by atoms with Gasteiger partial charge in [-0.2, -0.15) is 0 Å². The Labute approximate surface area is 112 Å². The van der Waals surface area contributed by atoms with Crippen molar-refractivity contribution in [2.75, 3.05) is 0 Å². The van der Waals surface area contributed by atoms with E-state index in [-0.39, 0.29) is 6.04 Å². The Bertz CT molecular complexity index is 445. The van der Waals surface area contributed by atoms with E-state index in [1.807, 2.05) is 24.4 Å². The van der Waals surface area contributed by atoms with Gasteiger partial charge in [0.15, 0.2) is 6.10 Å². The van der Waals surface area contributed by atoms with Crippen LogP contribution in [0.2, 0.25) is 0 Å². The fourth-order valence-electron chi connectivity index (χ4n) is 1.51. The van der Waals surface area contributed by atoms with Gasteiger partial charge in [-0.3, -0.25) is 10.1 Å². The molecule has 0 saturated carbocycles.